The first-order valence-electron chi connectivity index (χ1n) is 8.93. The molecule has 3 nitrogen and oxygen atoms in total. The Balaban J connectivity index is 1.49. The smallest absolute Gasteiger partial charge is 0.226 e. The summed E-state index contributed by atoms with van der Waals surface area (Å²) in [4.78, 5) is 19.6. The first-order chi connectivity index (χ1) is 11.6. The largest absolute Gasteiger partial charge is 0.334 e. The van der Waals surface area contributed by atoms with E-state index in [4.69, 9.17) is 0 Å². The topological polar surface area (TPSA) is 33.2 Å². The molecule has 2 fully saturated rings. The fraction of sp³-hybridized carbons (Fsp3) is 0.429. The van der Waals surface area contributed by atoms with Gasteiger partial charge in [0.05, 0.1) is 11.7 Å². The Morgan fingerprint density at radius 2 is 2.04 bits per heavy atom. The standard InChI is InChI=1S/C21H24N2O/c1-14-8-9-16(12-15(14)2)17-13-18(17)21(24)23-11-5-7-20(23)19-6-3-4-10-22-19/h3-4,6,8-10,12,17-18,20H,5,7,11,13H2,1-2H3/t17-,18-,20-/m0/s1. The van der Waals surface area contributed by atoms with E-state index >= 15 is 0 Å². The Morgan fingerprint density at radius 3 is 2.79 bits per heavy atom. The van der Waals surface area contributed by atoms with Crippen LogP contribution in [0, 0.1) is 19.8 Å². The number of likely N-dealkylation sites (tertiary alicyclic amines) is 1. The van der Waals surface area contributed by atoms with Crippen molar-refractivity contribution in [2.24, 2.45) is 5.92 Å². The molecule has 0 unspecified atom stereocenters. The highest BCUT2D eigenvalue weighted by atomic mass is 16.2. The number of nitrogens with zero attached hydrogens (tertiary/aromatic N) is 2. The predicted octanol–water partition coefficient (Wildman–Crippen LogP) is 4.17. The van der Waals surface area contributed by atoms with Crippen LogP contribution in [0.3, 0.4) is 0 Å². The number of benzene rings is 1. The van der Waals surface area contributed by atoms with E-state index in [1.54, 1.807) is 0 Å². The van der Waals surface area contributed by atoms with Crippen LogP contribution in [0.4, 0.5) is 0 Å². The molecule has 1 saturated heterocycles. The van der Waals surface area contributed by atoms with E-state index in [9.17, 15) is 4.79 Å². The summed E-state index contributed by atoms with van der Waals surface area (Å²) in [5.41, 5.74) is 4.99. The Kier molecular flexibility index (Phi) is 3.87. The van der Waals surface area contributed by atoms with Crippen molar-refractivity contribution in [3.8, 4) is 0 Å². The number of hydrogen-bond acceptors (Lipinski definition) is 2. The number of carbonyl (C=O) groups is 1. The summed E-state index contributed by atoms with van der Waals surface area (Å²) in [5.74, 6) is 0.893. The van der Waals surface area contributed by atoms with Crippen LogP contribution in [0.15, 0.2) is 42.6 Å². The molecule has 0 spiro atoms. The van der Waals surface area contributed by atoms with E-state index in [2.05, 4.69) is 41.9 Å². The molecule has 0 radical (unpaired) electrons. The molecule has 124 valence electrons. The quantitative estimate of drug-likeness (QED) is 0.850. The molecule has 3 heteroatoms. The number of amides is 1. The molecule has 1 amide bonds. The molecule has 4 rings (SSSR count). The van der Waals surface area contributed by atoms with Gasteiger partial charge in [-0.3, -0.25) is 9.78 Å². The summed E-state index contributed by atoms with van der Waals surface area (Å²) in [6.07, 6.45) is 4.93. The molecular formula is C21H24N2O. The molecule has 1 aliphatic heterocycles. The van der Waals surface area contributed by atoms with Crippen LogP contribution in [0.5, 0.6) is 0 Å². The first kappa shape index (κ1) is 15.4. The van der Waals surface area contributed by atoms with Crippen LogP contribution in [0.25, 0.3) is 0 Å². The highest BCUT2D eigenvalue weighted by molar-refractivity contribution is 5.83. The van der Waals surface area contributed by atoms with Gasteiger partial charge in [-0.25, -0.2) is 0 Å². The summed E-state index contributed by atoms with van der Waals surface area (Å²) in [7, 11) is 0. The maximum Gasteiger partial charge on any atom is 0.226 e. The molecule has 1 aromatic heterocycles. The van der Waals surface area contributed by atoms with Gasteiger partial charge in [-0.05, 0) is 67.9 Å². The van der Waals surface area contributed by atoms with E-state index < -0.39 is 0 Å². The second-order valence-corrected chi connectivity index (χ2v) is 7.24. The second kappa shape index (κ2) is 6.04. The lowest BCUT2D eigenvalue weighted by atomic mass is 10.0. The van der Waals surface area contributed by atoms with Gasteiger partial charge in [0, 0.05) is 18.7 Å². The predicted molar refractivity (Wildman–Crippen MR) is 94.7 cm³/mol. The number of aromatic nitrogens is 1. The molecule has 1 aromatic carbocycles. The Bertz CT molecular complexity index is 756. The zero-order valence-corrected chi connectivity index (χ0v) is 14.4. The fourth-order valence-corrected chi connectivity index (χ4v) is 3.96. The average Bonchev–Trinajstić information content (AvgIpc) is 3.25. The molecule has 1 aliphatic carbocycles. The van der Waals surface area contributed by atoms with Gasteiger partial charge in [-0.2, -0.15) is 0 Å². The average molecular weight is 320 g/mol. The molecule has 1 saturated carbocycles. The number of aryl methyl sites for hydroxylation is 2. The monoisotopic (exact) mass is 320 g/mol. The third-order valence-electron chi connectivity index (χ3n) is 5.63. The molecule has 0 N–H and O–H groups in total. The Labute approximate surface area is 143 Å². The van der Waals surface area contributed by atoms with E-state index in [-0.39, 0.29) is 12.0 Å². The van der Waals surface area contributed by atoms with Crippen molar-refractivity contribution in [1.29, 1.82) is 0 Å². The van der Waals surface area contributed by atoms with Crippen molar-refractivity contribution in [3.05, 3.63) is 65.0 Å². The summed E-state index contributed by atoms with van der Waals surface area (Å²) in [6.45, 7) is 5.15. The fourth-order valence-electron chi connectivity index (χ4n) is 3.96. The number of pyridine rings is 1. The first-order valence-corrected chi connectivity index (χ1v) is 8.93. The van der Waals surface area contributed by atoms with Gasteiger partial charge in [0.25, 0.3) is 0 Å². The minimum absolute atomic E-state index is 0.163. The lowest BCUT2D eigenvalue weighted by Crippen LogP contribution is -2.32. The van der Waals surface area contributed by atoms with E-state index in [1.165, 1.54) is 16.7 Å². The lowest BCUT2D eigenvalue weighted by Gasteiger charge is -2.24. The van der Waals surface area contributed by atoms with Crippen LogP contribution in [-0.4, -0.2) is 22.3 Å². The van der Waals surface area contributed by atoms with Crippen LogP contribution >= 0.6 is 0 Å². The molecular weight excluding hydrogens is 296 g/mol. The Morgan fingerprint density at radius 1 is 1.17 bits per heavy atom. The van der Waals surface area contributed by atoms with Crippen molar-refractivity contribution in [3.63, 3.8) is 0 Å². The summed E-state index contributed by atoms with van der Waals surface area (Å²) < 4.78 is 0. The van der Waals surface area contributed by atoms with Crippen molar-refractivity contribution >= 4 is 5.91 Å². The second-order valence-electron chi connectivity index (χ2n) is 7.24. The Hall–Kier alpha value is -2.16. The van der Waals surface area contributed by atoms with Crippen molar-refractivity contribution in [1.82, 2.24) is 9.88 Å². The van der Waals surface area contributed by atoms with Gasteiger partial charge in [0.2, 0.25) is 5.91 Å². The molecule has 24 heavy (non-hydrogen) atoms. The van der Waals surface area contributed by atoms with Crippen molar-refractivity contribution in [2.45, 2.75) is 45.1 Å². The number of rotatable bonds is 3. The number of carbonyl (C=O) groups excluding carboxylic acids is 1. The summed E-state index contributed by atoms with van der Waals surface area (Å²) >= 11 is 0. The van der Waals surface area contributed by atoms with Crippen LogP contribution in [-0.2, 0) is 4.79 Å². The van der Waals surface area contributed by atoms with Crippen LogP contribution < -0.4 is 0 Å². The van der Waals surface area contributed by atoms with Crippen molar-refractivity contribution < 1.29 is 4.79 Å². The third-order valence-corrected chi connectivity index (χ3v) is 5.63. The third kappa shape index (κ3) is 2.72. The highest BCUT2D eigenvalue weighted by Crippen LogP contribution is 2.50. The summed E-state index contributed by atoms with van der Waals surface area (Å²) in [6, 6.07) is 12.8. The molecule has 2 heterocycles. The molecule has 2 aromatic rings. The molecule has 2 aliphatic rings. The maximum absolute atomic E-state index is 13.0. The van der Waals surface area contributed by atoms with Crippen molar-refractivity contribution in [2.75, 3.05) is 6.54 Å². The maximum atomic E-state index is 13.0. The van der Waals surface area contributed by atoms with E-state index in [1.807, 2.05) is 24.4 Å². The zero-order chi connectivity index (χ0) is 16.7. The van der Waals surface area contributed by atoms with Crippen LogP contribution in [0.1, 0.15) is 53.6 Å². The zero-order valence-electron chi connectivity index (χ0n) is 14.4. The SMILES string of the molecule is Cc1ccc([C@@H]2C[C@@H]2C(=O)N2CCC[C@H]2c2ccccn2)cc1C. The van der Waals surface area contributed by atoms with Crippen LogP contribution in [0.2, 0.25) is 0 Å². The minimum atomic E-state index is 0.163. The van der Waals surface area contributed by atoms with Gasteiger partial charge in [0.15, 0.2) is 0 Å². The van der Waals surface area contributed by atoms with Gasteiger partial charge >= 0.3 is 0 Å². The van der Waals surface area contributed by atoms with Gasteiger partial charge in [0.1, 0.15) is 0 Å². The molecule has 0 bridgehead atoms. The minimum Gasteiger partial charge on any atom is -0.334 e. The summed E-state index contributed by atoms with van der Waals surface area (Å²) in [5, 5.41) is 0. The van der Waals surface area contributed by atoms with E-state index in [0.717, 1.165) is 31.5 Å². The lowest BCUT2D eigenvalue weighted by molar-refractivity contribution is -0.133. The van der Waals surface area contributed by atoms with E-state index in [0.29, 0.717) is 11.8 Å². The van der Waals surface area contributed by atoms with Gasteiger partial charge in [-0.15, -0.1) is 0 Å². The number of hydrogen-bond donors (Lipinski definition) is 0. The highest BCUT2D eigenvalue weighted by Gasteiger charge is 2.47. The van der Waals surface area contributed by atoms with Gasteiger partial charge < -0.3 is 4.90 Å². The van der Waals surface area contributed by atoms with Gasteiger partial charge in [-0.1, -0.05) is 24.3 Å². The normalized spacial score (nSPS) is 25.8. The molecule has 3 atom stereocenters.